The van der Waals surface area contributed by atoms with Crippen LogP contribution in [-0.2, 0) is 4.79 Å². The molecule has 0 bridgehead atoms. The monoisotopic (exact) mass is 294 g/mol. The molecule has 1 unspecified atom stereocenters. The van der Waals surface area contributed by atoms with Gasteiger partial charge in [-0.15, -0.1) is 0 Å². The highest BCUT2D eigenvalue weighted by Crippen LogP contribution is 2.33. The number of carbonyl (C=O) groups is 1. The second-order valence-electron chi connectivity index (χ2n) is 4.86. The van der Waals surface area contributed by atoms with Gasteiger partial charge in [-0.05, 0) is 25.5 Å². The number of fused-ring (bicyclic) bond motifs is 1. The van der Waals surface area contributed by atoms with E-state index in [0.29, 0.717) is 36.8 Å². The number of amides is 1. The van der Waals surface area contributed by atoms with Gasteiger partial charge in [0.2, 0.25) is 5.91 Å². The average molecular weight is 294 g/mol. The molecular formula is C14H18N2O3S. The van der Waals surface area contributed by atoms with Gasteiger partial charge in [0.25, 0.3) is 0 Å². The number of ether oxygens (including phenoxy) is 2. The second kappa shape index (κ2) is 5.66. The van der Waals surface area contributed by atoms with E-state index in [2.05, 4.69) is 5.32 Å². The van der Waals surface area contributed by atoms with Crippen molar-refractivity contribution in [1.29, 1.82) is 0 Å². The highest BCUT2D eigenvalue weighted by Gasteiger charge is 2.34. The van der Waals surface area contributed by atoms with E-state index < -0.39 is 5.41 Å². The molecule has 1 aliphatic heterocycles. The first kappa shape index (κ1) is 14.6. The number of thiocarbonyl (C=S) groups is 1. The van der Waals surface area contributed by atoms with Crippen molar-refractivity contribution in [3.05, 3.63) is 18.2 Å². The first-order valence-corrected chi connectivity index (χ1v) is 6.89. The maximum absolute atomic E-state index is 12.3. The van der Waals surface area contributed by atoms with Crippen LogP contribution < -0.4 is 20.5 Å². The van der Waals surface area contributed by atoms with Crippen LogP contribution in [0.3, 0.4) is 0 Å². The number of benzene rings is 1. The fourth-order valence-corrected chi connectivity index (χ4v) is 2.07. The predicted octanol–water partition coefficient (Wildman–Crippen LogP) is 2.10. The Morgan fingerprint density at radius 2 is 2.05 bits per heavy atom. The third-order valence-electron chi connectivity index (χ3n) is 3.55. The minimum absolute atomic E-state index is 0.190. The first-order chi connectivity index (χ1) is 9.47. The zero-order valence-corrected chi connectivity index (χ0v) is 12.4. The Balaban J connectivity index is 2.17. The fraction of sp³-hybridized carbons (Fsp3) is 0.429. The number of carbonyl (C=O) groups excluding carboxylic acids is 1. The van der Waals surface area contributed by atoms with Crippen LogP contribution in [0.25, 0.3) is 0 Å². The lowest BCUT2D eigenvalue weighted by atomic mass is 9.86. The highest BCUT2D eigenvalue weighted by molar-refractivity contribution is 7.80. The molecule has 1 aliphatic rings. The van der Waals surface area contributed by atoms with Gasteiger partial charge >= 0.3 is 0 Å². The van der Waals surface area contributed by atoms with Crippen LogP contribution in [-0.4, -0.2) is 24.1 Å². The van der Waals surface area contributed by atoms with Gasteiger partial charge in [-0.3, -0.25) is 4.79 Å². The van der Waals surface area contributed by atoms with E-state index in [1.165, 1.54) is 0 Å². The topological polar surface area (TPSA) is 73.6 Å². The van der Waals surface area contributed by atoms with Crippen molar-refractivity contribution in [3.63, 3.8) is 0 Å². The Morgan fingerprint density at radius 1 is 1.40 bits per heavy atom. The quantitative estimate of drug-likeness (QED) is 0.832. The molecule has 1 aromatic rings. The van der Waals surface area contributed by atoms with Crippen molar-refractivity contribution in [2.75, 3.05) is 18.5 Å². The second-order valence-corrected chi connectivity index (χ2v) is 5.30. The largest absolute Gasteiger partial charge is 0.486 e. The van der Waals surface area contributed by atoms with Crippen molar-refractivity contribution in [1.82, 2.24) is 0 Å². The van der Waals surface area contributed by atoms with Crippen LogP contribution in [0.1, 0.15) is 20.3 Å². The van der Waals surface area contributed by atoms with Crippen molar-refractivity contribution >= 4 is 28.8 Å². The number of hydrogen-bond acceptors (Lipinski definition) is 4. The predicted molar refractivity (Wildman–Crippen MR) is 81.2 cm³/mol. The van der Waals surface area contributed by atoms with Crippen LogP contribution in [0.15, 0.2) is 18.2 Å². The highest BCUT2D eigenvalue weighted by atomic mass is 32.1. The maximum Gasteiger partial charge on any atom is 0.237 e. The molecular weight excluding hydrogens is 276 g/mol. The van der Waals surface area contributed by atoms with Gasteiger partial charge in [0.1, 0.15) is 13.2 Å². The van der Waals surface area contributed by atoms with Gasteiger partial charge in [0.05, 0.1) is 10.4 Å². The summed E-state index contributed by atoms with van der Waals surface area (Å²) in [6.07, 6.45) is 0.540. The lowest BCUT2D eigenvalue weighted by molar-refractivity contribution is -0.121. The Bertz CT molecular complexity index is 547. The van der Waals surface area contributed by atoms with Crippen LogP contribution in [0.2, 0.25) is 0 Å². The Kier molecular flexibility index (Phi) is 4.13. The van der Waals surface area contributed by atoms with Crippen molar-refractivity contribution in [3.8, 4) is 11.5 Å². The molecule has 0 fully saturated rings. The number of anilines is 1. The molecule has 3 N–H and O–H groups in total. The molecule has 108 valence electrons. The Hall–Kier alpha value is -1.82. The summed E-state index contributed by atoms with van der Waals surface area (Å²) in [7, 11) is 0. The SMILES string of the molecule is CCC(C)(C(=O)Nc1ccc2c(c1)OCCO2)C(N)=S. The van der Waals surface area contributed by atoms with Gasteiger partial charge in [0.15, 0.2) is 11.5 Å². The number of nitrogens with two attached hydrogens (primary N) is 1. The van der Waals surface area contributed by atoms with E-state index in [4.69, 9.17) is 27.4 Å². The summed E-state index contributed by atoms with van der Waals surface area (Å²) in [6, 6.07) is 5.28. The zero-order chi connectivity index (χ0) is 14.8. The zero-order valence-electron chi connectivity index (χ0n) is 11.6. The molecule has 0 spiro atoms. The fourth-order valence-electron chi connectivity index (χ4n) is 1.84. The van der Waals surface area contributed by atoms with E-state index in [1.54, 1.807) is 25.1 Å². The summed E-state index contributed by atoms with van der Waals surface area (Å²) >= 11 is 4.99. The molecule has 0 aliphatic carbocycles. The summed E-state index contributed by atoms with van der Waals surface area (Å²) in [5.74, 6) is 1.09. The van der Waals surface area contributed by atoms with Crippen LogP contribution in [0, 0.1) is 5.41 Å². The van der Waals surface area contributed by atoms with Gasteiger partial charge in [0, 0.05) is 11.8 Å². The average Bonchev–Trinajstić information content (AvgIpc) is 2.45. The van der Waals surface area contributed by atoms with Gasteiger partial charge in [-0.25, -0.2) is 0 Å². The van der Waals surface area contributed by atoms with Crippen LogP contribution >= 0.6 is 12.2 Å². The van der Waals surface area contributed by atoms with Crippen LogP contribution in [0.5, 0.6) is 11.5 Å². The molecule has 0 aromatic heterocycles. The standard InChI is InChI=1S/C14H18N2O3S/c1-3-14(2,12(15)20)13(17)16-9-4-5-10-11(8-9)19-7-6-18-10/h4-5,8H,3,6-7H2,1-2H3,(H2,15,20)(H,16,17). The van der Waals surface area contributed by atoms with Crippen molar-refractivity contribution in [2.24, 2.45) is 11.1 Å². The maximum atomic E-state index is 12.3. The van der Waals surface area contributed by atoms with E-state index in [-0.39, 0.29) is 10.9 Å². The molecule has 1 aromatic carbocycles. The summed E-state index contributed by atoms with van der Waals surface area (Å²) in [4.78, 5) is 12.5. The third kappa shape index (κ3) is 2.70. The van der Waals surface area contributed by atoms with Gasteiger partial charge < -0.3 is 20.5 Å². The molecule has 1 heterocycles. The molecule has 0 saturated carbocycles. The molecule has 0 radical (unpaired) electrons. The summed E-state index contributed by atoms with van der Waals surface area (Å²) in [5, 5.41) is 2.82. The smallest absolute Gasteiger partial charge is 0.237 e. The normalized spacial score (nSPS) is 16.1. The van der Waals surface area contributed by atoms with E-state index in [0.717, 1.165) is 0 Å². The lowest BCUT2D eigenvalue weighted by Gasteiger charge is -2.26. The molecule has 20 heavy (non-hydrogen) atoms. The van der Waals surface area contributed by atoms with Gasteiger partial charge in [-0.1, -0.05) is 19.1 Å². The number of rotatable bonds is 4. The van der Waals surface area contributed by atoms with E-state index in [9.17, 15) is 4.79 Å². The number of nitrogens with one attached hydrogen (secondary N) is 1. The molecule has 5 nitrogen and oxygen atoms in total. The van der Waals surface area contributed by atoms with Crippen molar-refractivity contribution < 1.29 is 14.3 Å². The Labute approximate surface area is 123 Å². The number of hydrogen-bond donors (Lipinski definition) is 2. The molecule has 1 atom stereocenters. The third-order valence-corrected chi connectivity index (χ3v) is 4.00. The minimum atomic E-state index is -0.859. The molecule has 6 heteroatoms. The Morgan fingerprint density at radius 3 is 2.65 bits per heavy atom. The first-order valence-electron chi connectivity index (χ1n) is 6.48. The minimum Gasteiger partial charge on any atom is -0.486 e. The molecule has 0 saturated heterocycles. The summed E-state index contributed by atoms with van der Waals surface area (Å²) in [6.45, 7) is 4.66. The lowest BCUT2D eigenvalue weighted by Crippen LogP contribution is -2.43. The van der Waals surface area contributed by atoms with Crippen LogP contribution in [0.4, 0.5) is 5.69 Å². The van der Waals surface area contributed by atoms with Gasteiger partial charge in [-0.2, -0.15) is 0 Å². The molecule has 1 amide bonds. The van der Waals surface area contributed by atoms with E-state index >= 15 is 0 Å². The summed E-state index contributed by atoms with van der Waals surface area (Å²) < 4.78 is 10.9. The summed E-state index contributed by atoms with van der Waals surface area (Å²) in [5.41, 5.74) is 5.45. The molecule has 2 rings (SSSR count). The van der Waals surface area contributed by atoms with E-state index in [1.807, 2.05) is 6.92 Å². The van der Waals surface area contributed by atoms with Crippen molar-refractivity contribution in [2.45, 2.75) is 20.3 Å².